The van der Waals surface area contributed by atoms with Gasteiger partial charge in [-0.05, 0) is 26.8 Å². The van der Waals surface area contributed by atoms with Crippen molar-refractivity contribution in [2.45, 2.75) is 44.6 Å². The van der Waals surface area contributed by atoms with Crippen LogP contribution in [0.5, 0.6) is 0 Å². The van der Waals surface area contributed by atoms with Crippen LogP contribution in [0, 0.1) is 16.7 Å². The molecular formula is C11H21FN2O2. The number of hydrogen-bond donors (Lipinski definition) is 1. The van der Waals surface area contributed by atoms with E-state index in [1.54, 1.807) is 21.1 Å². The number of ether oxygens (including phenoxy) is 1. The molecule has 0 amide bonds. The molecule has 5 heteroatoms. The first-order valence-corrected chi connectivity index (χ1v) is 5.69. The quantitative estimate of drug-likeness (QED) is 0.596. The summed E-state index contributed by atoms with van der Waals surface area (Å²) in [4.78, 5) is 11.1. The molecule has 5 atom stereocenters. The number of methoxy groups -OCH3 is 1. The van der Waals surface area contributed by atoms with Crippen molar-refractivity contribution >= 4 is 0 Å². The normalized spacial score (nSPS) is 41.7. The smallest absolute Gasteiger partial charge is 0.156 e. The van der Waals surface area contributed by atoms with Crippen LogP contribution in [-0.2, 0) is 4.74 Å². The highest BCUT2D eigenvalue weighted by molar-refractivity contribution is 5.03. The number of rotatable bonds is 4. The van der Waals surface area contributed by atoms with Gasteiger partial charge in [-0.1, -0.05) is 12.1 Å². The Bertz CT molecular complexity index is 252. The lowest BCUT2D eigenvalue weighted by atomic mass is 9.66. The van der Waals surface area contributed by atoms with Crippen LogP contribution in [0.25, 0.3) is 0 Å². The third-order valence-electron chi connectivity index (χ3n) is 4.12. The summed E-state index contributed by atoms with van der Waals surface area (Å²) < 4.78 is 19.1. The van der Waals surface area contributed by atoms with Crippen molar-refractivity contribution < 1.29 is 9.13 Å². The van der Waals surface area contributed by atoms with Gasteiger partial charge in [-0.3, -0.25) is 5.32 Å². The van der Waals surface area contributed by atoms with Crippen molar-refractivity contribution in [3.8, 4) is 0 Å². The van der Waals surface area contributed by atoms with Crippen molar-refractivity contribution in [1.82, 2.24) is 5.32 Å². The monoisotopic (exact) mass is 232 g/mol. The molecule has 0 aromatic rings. The Morgan fingerprint density at radius 1 is 1.56 bits per heavy atom. The standard InChI is InChI=1S/C11H21FN2O2/c1-7-9(16-4)6-5-8(10(12)13-3)11(7,2)14-15/h7-10,13H,5-6H2,1-4H3. The summed E-state index contributed by atoms with van der Waals surface area (Å²) in [5.74, 6) is -0.447. The predicted octanol–water partition coefficient (Wildman–Crippen LogP) is 2.09. The Kier molecular flexibility index (Phi) is 4.38. The van der Waals surface area contributed by atoms with E-state index in [9.17, 15) is 9.30 Å². The summed E-state index contributed by atoms with van der Waals surface area (Å²) in [5, 5.41) is 5.77. The van der Waals surface area contributed by atoms with E-state index in [4.69, 9.17) is 4.74 Å². The lowest BCUT2D eigenvalue weighted by Crippen LogP contribution is -2.54. The molecule has 1 fully saturated rings. The number of halogens is 1. The highest BCUT2D eigenvalue weighted by Gasteiger charge is 2.51. The molecule has 16 heavy (non-hydrogen) atoms. The molecule has 0 bridgehead atoms. The van der Waals surface area contributed by atoms with Crippen molar-refractivity contribution in [2.75, 3.05) is 14.2 Å². The summed E-state index contributed by atoms with van der Waals surface area (Å²) in [6.45, 7) is 3.63. The van der Waals surface area contributed by atoms with E-state index in [0.717, 1.165) is 6.42 Å². The molecule has 0 radical (unpaired) electrons. The van der Waals surface area contributed by atoms with Crippen LogP contribution in [0.15, 0.2) is 5.18 Å². The van der Waals surface area contributed by atoms with Crippen LogP contribution in [0.3, 0.4) is 0 Å². The number of hydrogen-bond acceptors (Lipinski definition) is 4. The Labute approximate surface area is 95.9 Å². The zero-order valence-electron chi connectivity index (χ0n) is 10.4. The topological polar surface area (TPSA) is 50.7 Å². The van der Waals surface area contributed by atoms with Crippen LogP contribution in [-0.4, -0.2) is 32.1 Å². The minimum Gasteiger partial charge on any atom is -0.381 e. The van der Waals surface area contributed by atoms with E-state index in [-0.39, 0.29) is 17.9 Å². The van der Waals surface area contributed by atoms with Gasteiger partial charge in [-0.25, -0.2) is 4.39 Å². The summed E-state index contributed by atoms with van der Waals surface area (Å²) in [6.07, 6.45) is 0.189. The number of nitrogens with one attached hydrogen (secondary N) is 1. The maximum absolute atomic E-state index is 13.8. The summed E-state index contributed by atoms with van der Waals surface area (Å²) in [7, 11) is 3.18. The Balaban J connectivity index is 2.93. The zero-order chi connectivity index (χ0) is 12.3. The summed E-state index contributed by atoms with van der Waals surface area (Å²) in [5.41, 5.74) is -0.901. The van der Waals surface area contributed by atoms with Crippen molar-refractivity contribution in [2.24, 2.45) is 17.0 Å². The van der Waals surface area contributed by atoms with Crippen molar-refractivity contribution in [3.05, 3.63) is 4.91 Å². The Morgan fingerprint density at radius 3 is 2.62 bits per heavy atom. The van der Waals surface area contributed by atoms with E-state index in [0.29, 0.717) is 6.42 Å². The van der Waals surface area contributed by atoms with Crippen LogP contribution in [0.1, 0.15) is 26.7 Å². The van der Waals surface area contributed by atoms with E-state index in [2.05, 4.69) is 10.5 Å². The van der Waals surface area contributed by atoms with E-state index in [1.165, 1.54) is 0 Å². The molecular weight excluding hydrogens is 211 g/mol. The van der Waals surface area contributed by atoms with Gasteiger partial charge in [0.05, 0.1) is 6.10 Å². The lowest BCUT2D eigenvalue weighted by Gasteiger charge is -2.45. The second kappa shape index (κ2) is 5.19. The van der Waals surface area contributed by atoms with Crippen LogP contribution in [0.4, 0.5) is 4.39 Å². The first-order valence-electron chi connectivity index (χ1n) is 5.69. The molecule has 1 rings (SSSR count). The molecule has 4 nitrogen and oxygen atoms in total. The first kappa shape index (κ1) is 13.5. The van der Waals surface area contributed by atoms with Gasteiger partial charge in [0.2, 0.25) is 0 Å². The third kappa shape index (κ3) is 2.11. The molecule has 5 unspecified atom stereocenters. The number of alkyl halides is 1. The van der Waals surface area contributed by atoms with Gasteiger partial charge in [-0.2, -0.15) is 4.91 Å². The number of nitroso groups, excluding NO2 is 1. The fourth-order valence-electron chi connectivity index (χ4n) is 2.72. The van der Waals surface area contributed by atoms with Gasteiger partial charge in [0, 0.05) is 18.9 Å². The fourth-order valence-corrected chi connectivity index (χ4v) is 2.72. The van der Waals surface area contributed by atoms with Crippen LogP contribution >= 0.6 is 0 Å². The van der Waals surface area contributed by atoms with Crippen molar-refractivity contribution in [3.63, 3.8) is 0 Å². The Hall–Kier alpha value is -0.550. The molecule has 0 heterocycles. The molecule has 0 saturated heterocycles. The van der Waals surface area contributed by atoms with E-state index >= 15 is 0 Å². The molecule has 1 aliphatic carbocycles. The van der Waals surface area contributed by atoms with Gasteiger partial charge < -0.3 is 4.74 Å². The maximum atomic E-state index is 13.8. The van der Waals surface area contributed by atoms with Gasteiger partial charge in [-0.15, -0.1) is 0 Å². The molecule has 1 N–H and O–H groups in total. The average molecular weight is 232 g/mol. The van der Waals surface area contributed by atoms with Gasteiger partial charge in [0.1, 0.15) is 5.54 Å². The third-order valence-corrected chi connectivity index (χ3v) is 4.12. The second-order valence-electron chi connectivity index (χ2n) is 4.75. The minimum atomic E-state index is -1.19. The molecule has 0 spiro atoms. The largest absolute Gasteiger partial charge is 0.381 e. The predicted molar refractivity (Wildman–Crippen MR) is 60.8 cm³/mol. The molecule has 0 aliphatic heterocycles. The summed E-state index contributed by atoms with van der Waals surface area (Å²) in [6, 6.07) is 0. The molecule has 0 aromatic carbocycles. The fraction of sp³-hybridized carbons (Fsp3) is 1.00. The SMILES string of the molecule is CNC(F)C1CCC(OC)C(C)C1(C)N=O. The van der Waals surface area contributed by atoms with Crippen LogP contribution in [0.2, 0.25) is 0 Å². The molecule has 0 aromatic heterocycles. The van der Waals surface area contributed by atoms with Gasteiger partial charge in [0.25, 0.3) is 0 Å². The van der Waals surface area contributed by atoms with Gasteiger partial charge >= 0.3 is 0 Å². The zero-order valence-corrected chi connectivity index (χ0v) is 10.4. The number of nitrogens with zero attached hydrogens (tertiary/aromatic N) is 1. The first-order chi connectivity index (χ1) is 7.51. The minimum absolute atomic E-state index is 0.0111. The molecule has 1 saturated carbocycles. The highest BCUT2D eigenvalue weighted by atomic mass is 19.1. The van der Waals surface area contributed by atoms with Crippen LogP contribution < -0.4 is 5.32 Å². The van der Waals surface area contributed by atoms with E-state index < -0.39 is 11.8 Å². The highest BCUT2D eigenvalue weighted by Crippen LogP contribution is 2.43. The summed E-state index contributed by atoms with van der Waals surface area (Å²) >= 11 is 0. The Morgan fingerprint density at radius 2 is 2.19 bits per heavy atom. The lowest BCUT2D eigenvalue weighted by molar-refractivity contribution is -0.0497. The molecule has 94 valence electrons. The van der Waals surface area contributed by atoms with Gasteiger partial charge in [0.15, 0.2) is 6.30 Å². The van der Waals surface area contributed by atoms with Crippen molar-refractivity contribution in [1.29, 1.82) is 0 Å². The maximum Gasteiger partial charge on any atom is 0.156 e. The second-order valence-corrected chi connectivity index (χ2v) is 4.75. The van der Waals surface area contributed by atoms with E-state index in [1.807, 2.05) is 6.92 Å². The molecule has 1 aliphatic rings. The average Bonchev–Trinajstić information content (AvgIpc) is 2.31.